The van der Waals surface area contributed by atoms with Crippen LogP contribution in [0.4, 0.5) is 0 Å². The van der Waals surface area contributed by atoms with Crippen molar-refractivity contribution in [3.63, 3.8) is 0 Å². The Labute approximate surface area is 95.0 Å². The van der Waals surface area contributed by atoms with Gasteiger partial charge in [0.05, 0.1) is 6.54 Å². The maximum atomic E-state index is 12.0. The summed E-state index contributed by atoms with van der Waals surface area (Å²) in [6, 6.07) is -0.337. The molecule has 1 heterocycles. The molecule has 2 amide bonds. The second-order valence-electron chi connectivity index (χ2n) is 3.73. The van der Waals surface area contributed by atoms with E-state index >= 15 is 0 Å². The zero-order valence-corrected chi connectivity index (χ0v) is 9.53. The highest BCUT2D eigenvalue weighted by molar-refractivity contribution is 5.86. The van der Waals surface area contributed by atoms with Crippen LogP contribution in [0.15, 0.2) is 0 Å². The van der Waals surface area contributed by atoms with E-state index in [1.54, 1.807) is 4.90 Å². The summed E-state index contributed by atoms with van der Waals surface area (Å²) >= 11 is 0. The first-order valence-electron chi connectivity index (χ1n) is 5.58. The number of hydrogen-bond donors (Lipinski definition) is 3. The maximum Gasteiger partial charge on any atom is 0.241 e. The summed E-state index contributed by atoms with van der Waals surface area (Å²) in [5.74, 6) is -0.0987. The van der Waals surface area contributed by atoms with Crippen molar-refractivity contribution in [2.45, 2.75) is 19.4 Å². The summed E-state index contributed by atoms with van der Waals surface area (Å²) in [5, 5.41) is 14.3. The van der Waals surface area contributed by atoms with E-state index in [9.17, 15) is 9.59 Å². The van der Waals surface area contributed by atoms with Crippen molar-refractivity contribution in [2.75, 3.05) is 32.8 Å². The van der Waals surface area contributed by atoms with Crippen molar-refractivity contribution in [3.8, 4) is 0 Å². The number of piperazine rings is 1. The fourth-order valence-corrected chi connectivity index (χ4v) is 1.65. The Kier molecular flexibility index (Phi) is 5.21. The fourth-order valence-electron chi connectivity index (χ4n) is 1.65. The van der Waals surface area contributed by atoms with Gasteiger partial charge in [-0.25, -0.2) is 0 Å². The molecule has 16 heavy (non-hydrogen) atoms. The molecule has 3 N–H and O–H groups in total. The number of nitrogens with one attached hydrogen (secondary N) is 2. The lowest BCUT2D eigenvalue weighted by atomic mass is 10.2. The van der Waals surface area contributed by atoms with Crippen molar-refractivity contribution >= 4 is 11.8 Å². The van der Waals surface area contributed by atoms with Gasteiger partial charge < -0.3 is 15.3 Å². The summed E-state index contributed by atoms with van der Waals surface area (Å²) in [7, 11) is 0. The van der Waals surface area contributed by atoms with Gasteiger partial charge in [-0.3, -0.25) is 14.9 Å². The molecule has 0 radical (unpaired) electrons. The van der Waals surface area contributed by atoms with Crippen LogP contribution in [0.2, 0.25) is 0 Å². The van der Waals surface area contributed by atoms with Gasteiger partial charge in [-0.2, -0.15) is 0 Å². The van der Waals surface area contributed by atoms with E-state index in [-0.39, 0.29) is 31.0 Å². The molecule has 6 nitrogen and oxygen atoms in total. The Morgan fingerprint density at radius 2 is 2.38 bits per heavy atom. The highest BCUT2D eigenvalue weighted by Crippen LogP contribution is 1.99. The molecule has 0 spiro atoms. The summed E-state index contributed by atoms with van der Waals surface area (Å²) in [6.07, 6.45) is 0.582. The molecule has 0 aromatic heterocycles. The van der Waals surface area contributed by atoms with Gasteiger partial charge in [0.2, 0.25) is 11.8 Å². The molecule has 0 aliphatic carbocycles. The lowest BCUT2D eigenvalue weighted by Gasteiger charge is -2.29. The van der Waals surface area contributed by atoms with E-state index in [1.165, 1.54) is 0 Å². The van der Waals surface area contributed by atoms with Crippen LogP contribution in [0.1, 0.15) is 13.3 Å². The minimum absolute atomic E-state index is 0.0176. The highest BCUT2D eigenvalue weighted by atomic mass is 16.3. The van der Waals surface area contributed by atoms with Crippen molar-refractivity contribution in [3.05, 3.63) is 0 Å². The van der Waals surface area contributed by atoms with E-state index in [1.807, 2.05) is 6.92 Å². The molecular weight excluding hydrogens is 210 g/mol. The van der Waals surface area contributed by atoms with E-state index in [2.05, 4.69) is 10.6 Å². The van der Waals surface area contributed by atoms with Crippen molar-refractivity contribution < 1.29 is 14.7 Å². The van der Waals surface area contributed by atoms with Gasteiger partial charge in [0, 0.05) is 26.2 Å². The number of rotatable bonds is 5. The Morgan fingerprint density at radius 1 is 1.62 bits per heavy atom. The third kappa shape index (κ3) is 3.46. The minimum atomic E-state index is -0.337. The highest BCUT2D eigenvalue weighted by Gasteiger charge is 2.26. The molecule has 0 bridgehead atoms. The summed E-state index contributed by atoms with van der Waals surface area (Å²) < 4.78 is 0. The first-order valence-corrected chi connectivity index (χ1v) is 5.58. The predicted molar refractivity (Wildman–Crippen MR) is 58.8 cm³/mol. The van der Waals surface area contributed by atoms with E-state index in [0.717, 1.165) is 0 Å². The number of aliphatic hydroxyl groups is 1. The van der Waals surface area contributed by atoms with Crippen LogP contribution >= 0.6 is 0 Å². The Balaban J connectivity index is 2.44. The van der Waals surface area contributed by atoms with Crippen LogP contribution in [0, 0.1) is 0 Å². The Morgan fingerprint density at radius 3 is 2.88 bits per heavy atom. The molecule has 0 aromatic carbocycles. The molecule has 1 aliphatic heterocycles. The topological polar surface area (TPSA) is 81.7 Å². The average Bonchev–Trinajstić information content (AvgIpc) is 2.30. The summed E-state index contributed by atoms with van der Waals surface area (Å²) in [4.78, 5) is 24.6. The second-order valence-corrected chi connectivity index (χ2v) is 3.73. The van der Waals surface area contributed by atoms with E-state index < -0.39 is 0 Å². The van der Waals surface area contributed by atoms with Gasteiger partial charge in [-0.1, -0.05) is 0 Å². The molecule has 1 unspecified atom stereocenters. The molecule has 92 valence electrons. The quantitative estimate of drug-likeness (QED) is 0.525. The zero-order valence-electron chi connectivity index (χ0n) is 9.53. The van der Waals surface area contributed by atoms with Crippen LogP contribution in [0.3, 0.4) is 0 Å². The molecule has 1 fully saturated rings. The molecule has 6 heteroatoms. The average molecular weight is 229 g/mol. The van der Waals surface area contributed by atoms with E-state index in [0.29, 0.717) is 26.1 Å². The second kappa shape index (κ2) is 6.44. The predicted octanol–water partition coefficient (Wildman–Crippen LogP) is -1.69. The van der Waals surface area contributed by atoms with Crippen LogP contribution in [-0.2, 0) is 9.59 Å². The first kappa shape index (κ1) is 12.9. The molecule has 1 rings (SSSR count). The van der Waals surface area contributed by atoms with Gasteiger partial charge in [-0.15, -0.1) is 0 Å². The molecule has 0 aromatic rings. The standard InChI is InChI=1S/C10H19N3O3/c1-2-13(4-3-5-14)10(16)8-6-12-9(15)7-11-8/h8,11,14H,2-7H2,1H3,(H,12,15). The lowest BCUT2D eigenvalue weighted by Crippen LogP contribution is -2.58. The Hall–Kier alpha value is -1.14. The van der Waals surface area contributed by atoms with Crippen LogP contribution in [0.25, 0.3) is 0 Å². The first-order chi connectivity index (χ1) is 7.69. The summed E-state index contributed by atoms with van der Waals surface area (Å²) in [6.45, 7) is 3.68. The van der Waals surface area contributed by atoms with Crippen LogP contribution < -0.4 is 10.6 Å². The number of nitrogens with zero attached hydrogens (tertiary/aromatic N) is 1. The number of carbonyl (C=O) groups excluding carboxylic acids is 2. The monoisotopic (exact) mass is 229 g/mol. The lowest BCUT2D eigenvalue weighted by molar-refractivity contribution is -0.134. The van der Waals surface area contributed by atoms with Gasteiger partial charge >= 0.3 is 0 Å². The minimum Gasteiger partial charge on any atom is -0.396 e. The number of hydrogen-bond acceptors (Lipinski definition) is 4. The molecular formula is C10H19N3O3. The molecule has 1 saturated heterocycles. The normalized spacial score (nSPS) is 20.4. The van der Waals surface area contributed by atoms with Gasteiger partial charge in [0.25, 0.3) is 0 Å². The Bertz CT molecular complexity index is 248. The molecule has 1 aliphatic rings. The van der Waals surface area contributed by atoms with Crippen LogP contribution in [-0.4, -0.2) is 60.6 Å². The molecule has 1 atom stereocenters. The van der Waals surface area contributed by atoms with Gasteiger partial charge in [-0.05, 0) is 13.3 Å². The third-order valence-corrected chi connectivity index (χ3v) is 2.59. The number of likely N-dealkylation sites (N-methyl/N-ethyl adjacent to an activating group) is 1. The maximum absolute atomic E-state index is 12.0. The fraction of sp³-hybridized carbons (Fsp3) is 0.800. The largest absolute Gasteiger partial charge is 0.396 e. The zero-order chi connectivity index (χ0) is 12.0. The van der Waals surface area contributed by atoms with Gasteiger partial charge in [0.1, 0.15) is 6.04 Å². The van der Waals surface area contributed by atoms with Crippen molar-refractivity contribution in [1.29, 1.82) is 0 Å². The van der Waals surface area contributed by atoms with Crippen molar-refractivity contribution in [2.24, 2.45) is 0 Å². The SMILES string of the molecule is CCN(CCCO)C(=O)C1CNC(=O)CN1. The third-order valence-electron chi connectivity index (χ3n) is 2.59. The van der Waals surface area contributed by atoms with E-state index in [4.69, 9.17) is 5.11 Å². The smallest absolute Gasteiger partial charge is 0.241 e. The summed E-state index contributed by atoms with van der Waals surface area (Å²) in [5.41, 5.74) is 0. The number of amides is 2. The number of aliphatic hydroxyl groups excluding tert-OH is 1. The molecule has 0 saturated carbocycles. The van der Waals surface area contributed by atoms with Crippen LogP contribution in [0.5, 0.6) is 0 Å². The van der Waals surface area contributed by atoms with Gasteiger partial charge in [0.15, 0.2) is 0 Å². The number of carbonyl (C=O) groups is 2. The van der Waals surface area contributed by atoms with Crippen molar-refractivity contribution in [1.82, 2.24) is 15.5 Å².